The zero-order chi connectivity index (χ0) is 7.11. The second-order valence-corrected chi connectivity index (χ2v) is 1.34. The molecule has 0 radical (unpaired) electrons. The Morgan fingerprint density at radius 2 is 2.44 bits per heavy atom. The molecule has 9 heavy (non-hydrogen) atoms. The highest BCUT2D eigenvalue weighted by Crippen LogP contribution is 1.76. The van der Waals surface area contributed by atoms with E-state index in [0.29, 0.717) is 0 Å². The van der Waals surface area contributed by atoms with Gasteiger partial charge in [0, 0.05) is 7.05 Å². The highest BCUT2D eigenvalue weighted by molar-refractivity contribution is 5.74. The number of hydrogen-bond acceptors (Lipinski definition) is 4. The van der Waals surface area contributed by atoms with Gasteiger partial charge in [-0.25, -0.2) is 11.0 Å². The van der Waals surface area contributed by atoms with E-state index in [0.717, 1.165) is 0 Å². The average molecular weight is 134 g/mol. The van der Waals surface area contributed by atoms with E-state index in [4.69, 9.17) is 5.21 Å². The predicted octanol–water partition coefficient (Wildman–Crippen LogP) is -0.967. The van der Waals surface area contributed by atoms with Gasteiger partial charge in [0.15, 0.2) is 0 Å². The Balaban J connectivity index is 2.97. The lowest BCUT2D eigenvalue weighted by molar-refractivity contribution is -0.130. The molecule has 0 saturated carbocycles. The average Bonchev–Trinajstić information content (AvgIpc) is 1.89. The van der Waals surface area contributed by atoms with Crippen molar-refractivity contribution in [1.82, 2.24) is 11.0 Å². The molecule has 0 bridgehead atoms. The zero-order valence-electron chi connectivity index (χ0n) is 5.18. The van der Waals surface area contributed by atoms with E-state index >= 15 is 0 Å². The molecule has 54 valence electrons. The van der Waals surface area contributed by atoms with Crippen LogP contribution in [0.3, 0.4) is 0 Å². The normalized spacial score (nSPS) is 9.11. The number of rotatable bonds is 4. The van der Waals surface area contributed by atoms with E-state index in [1.165, 1.54) is 5.48 Å². The van der Waals surface area contributed by atoms with Gasteiger partial charge in [0.25, 0.3) is 0 Å². The lowest BCUT2D eigenvalue weighted by Gasteiger charge is -1.98. The van der Waals surface area contributed by atoms with Gasteiger partial charge < -0.3 is 4.84 Å². The van der Waals surface area contributed by atoms with Crippen LogP contribution in [-0.2, 0) is 9.63 Å². The van der Waals surface area contributed by atoms with E-state index in [1.807, 2.05) is 0 Å². The summed E-state index contributed by atoms with van der Waals surface area (Å²) in [5, 5.41) is 7.96. The van der Waals surface area contributed by atoms with Crippen LogP contribution < -0.4 is 11.0 Å². The molecule has 0 atom stereocenters. The lowest BCUT2D eigenvalue weighted by Crippen LogP contribution is -2.21. The predicted molar refractivity (Wildman–Crippen MR) is 29.6 cm³/mol. The topological polar surface area (TPSA) is 70.6 Å². The van der Waals surface area contributed by atoms with Crippen molar-refractivity contribution in [2.45, 2.75) is 6.42 Å². The maximum absolute atomic E-state index is 10.2. The minimum Gasteiger partial charge on any atom is -0.302 e. The first-order valence-corrected chi connectivity index (χ1v) is 2.52. The van der Waals surface area contributed by atoms with Gasteiger partial charge in [-0.1, -0.05) is 0 Å². The van der Waals surface area contributed by atoms with Crippen molar-refractivity contribution < 1.29 is 14.8 Å². The van der Waals surface area contributed by atoms with Gasteiger partial charge in [-0.2, -0.15) is 0 Å². The van der Waals surface area contributed by atoms with Crippen molar-refractivity contribution in [3.05, 3.63) is 0 Å². The summed E-state index contributed by atoms with van der Waals surface area (Å²) in [6.45, 7) is 0.253. The molecule has 0 aliphatic rings. The minimum absolute atomic E-state index is 0.150. The maximum atomic E-state index is 10.2. The second kappa shape index (κ2) is 5.49. The molecule has 0 aliphatic carbocycles. The van der Waals surface area contributed by atoms with E-state index in [1.54, 1.807) is 7.05 Å². The van der Waals surface area contributed by atoms with Gasteiger partial charge in [0.2, 0.25) is 5.91 Å². The second-order valence-electron chi connectivity index (χ2n) is 1.34. The molecular weight excluding hydrogens is 124 g/mol. The van der Waals surface area contributed by atoms with E-state index in [2.05, 4.69) is 10.3 Å². The molecule has 5 nitrogen and oxygen atoms in total. The molecule has 0 aromatic heterocycles. The zero-order valence-corrected chi connectivity index (χ0v) is 5.18. The number of carbonyl (C=O) groups is 1. The van der Waals surface area contributed by atoms with Gasteiger partial charge in [0.05, 0.1) is 13.0 Å². The fraction of sp³-hybridized carbons (Fsp3) is 0.750. The van der Waals surface area contributed by atoms with Gasteiger partial charge in [0.1, 0.15) is 0 Å². The largest absolute Gasteiger partial charge is 0.302 e. The van der Waals surface area contributed by atoms with Crippen molar-refractivity contribution in [2.75, 3.05) is 13.7 Å². The molecule has 0 heterocycles. The summed E-state index contributed by atoms with van der Waals surface area (Å²) in [6, 6.07) is 0. The van der Waals surface area contributed by atoms with Crippen molar-refractivity contribution in [2.24, 2.45) is 0 Å². The van der Waals surface area contributed by atoms with Gasteiger partial charge in [-0.05, 0) is 0 Å². The van der Waals surface area contributed by atoms with Crippen LogP contribution >= 0.6 is 0 Å². The summed E-state index contributed by atoms with van der Waals surface area (Å²) in [5.41, 5.74) is 3.86. The molecule has 0 aromatic rings. The van der Waals surface area contributed by atoms with Crippen molar-refractivity contribution in [1.29, 1.82) is 0 Å². The molecule has 0 aromatic carbocycles. The minimum atomic E-state index is -0.453. The third-order valence-electron chi connectivity index (χ3n) is 0.700. The molecule has 5 heteroatoms. The fourth-order valence-corrected chi connectivity index (χ4v) is 0.302. The standard InChI is InChI=1S/C4H10N2O3/c1-5-9-3-2-4(7)6-8/h5,8H,2-3H2,1H3,(H,6,7). The highest BCUT2D eigenvalue weighted by Gasteiger charge is 1.95. The van der Waals surface area contributed by atoms with Crippen LogP contribution in [0.15, 0.2) is 0 Å². The first-order valence-electron chi connectivity index (χ1n) is 2.52. The molecule has 0 aliphatic heterocycles. The van der Waals surface area contributed by atoms with E-state index in [-0.39, 0.29) is 13.0 Å². The highest BCUT2D eigenvalue weighted by atomic mass is 16.6. The molecule has 1 amide bonds. The maximum Gasteiger partial charge on any atom is 0.245 e. The first-order chi connectivity index (χ1) is 4.31. The summed E-state index contributed by atoms with van der Waals surface area (Å²) >= 11 is 0. The summed E-state index contributed by atoms with van der Waals surface area (Å²) in [4.78, 5) is 14.8. The van der Waals surface area contributed by atoms with Crippen LogP contribution in [-0.4, -0.2) is 24.8 Å². The number of amides is 1. The molecule has 0 rings (SSSR count). The lowest BCUT2D eigenvalue weighted by atomic mass is 10.4. The summed E-state index contributed by atoms with van der Waals surface area (Å²) in [7, 11) is 1.59. The molecule has 0 saturated heterocycles. The number of carbonyl (C=O) groups excluding carboxylic acids is 1. The number of hydroxylamine groups is 2. The van der Waals surface area contributed by atoms with Crippen LogP contribution in [0.4, 0.5) is 0 Å². The van der Waals surface area contributed by atoms with E-state index in [9.17, 15) is 4.79 Å². The Morgan fingerprint density at radius 1 is 1.78 bits per heavy atom. The van der Waals surface area contributed by atoms with Crippen LogP contribution in [0.25, 0.3) is 0 Å². The Bertz CT molecular complexity index is 85.9. The number of hydrogen-bond donors (Lipinski definition) is 3. The summed E-state index contributed by atoms with van der Waals surface area (Å²) < 4.78 is 0. The summed E-state index contributed by atoms with van der Waals surface area (Å²) in [5.74, 6) is -0.453. The molecule has 0 spiro atoms. The van der Waals surface area contributed by atoms with Crippen molar-refractivity contribution in [3.63, 3.8) is 0 Å². The smallest absolute Gasteiger partial charge is 0.245 e. The van der Waals surface area contributed by atoms with Gasteiger partial charge in [-0.15, -0.1) is 0 Å². The Kier molecular flexibility index (Phi) is 5.09. The molecule has 0 unspecified atom stereocenters. The van der Waals surface area contributed by atoms with Crippen LogP contribution in [0.1, 0.15) is 6.42 Å². The quantitative estimate of drug-likeness (QED) is 0.263. The third kappa shape index (κ3) is 5.22. The SMILES string of the molecule is CNOCCC(=O)NO. The molecule has 3 N–H and O–H groups in total. The summed E-state index contributed by atoms with van der Waals surface area (Å²) in [6.07, 6.45) is 0.150. The van der Waals surface area contributed by atoms with Crippen molar-refractivity contribution in [3.8, 4) is 0 Å². The number of nitrogens with one attached hydrogen (secondary N) is 2. The van der Waals surface area contributed by atoms with Crippen LogP contribution in [0.2, 0.25) is 0 Å². The Morgan fingerprint density at radius 3 is 2.89 bits per heavy atom. The van der Waals surface area contributed by atoms with Crippen LogP contribution in [0.5, 0.6) is 0 Å². The molecular formula is C4H10N2O3. The third-order valence-corrected chi connectivity index (χ3v) is 0.700. The monoisotopic (exact) mass is 134 g/mol. The fourth-order valence-electron chi connectivity index (χ4n) is 0.302. The van der Waals surface area contributed by atoms with E-state index < -0.39 is 5.91 Å². The van der Waals surface area contributed by atoms with Crippen molar-refractivity contribution >= 4 is 5.91 Å². The van der Waals surface area contributed by atoms with Gasteiger partial charge >= 0.3 is 0 Å². The Labute approximate surface area is 52.9 Å². The molecule has 0 fully saturated rings. The Hall–Kier alpha value is -0.650. The first kappa shape index (κ1) is 8.35. The van der Waals surface area contributed by atoms with Crippen LogP contribution in [0, 0.1) is 0 Å². The van der Waals surface area contributed by atoms with Gasteiger partial charge in [-0.3, -0.25) is 10.0 Å².